The van der Waals surface area contributed by atoms with E-state index in [1.807, 2.05) is 0 Å². The van der Waals surface area contributed by atoms with Gasteiger partial charge in [0.2, 0.25) is 0 Å². The molecule has 170 valence electrons. The summed E-state index contributed by atoms with van der Waals surface area (Å²) in [6, 6.07) is 3.70. The van der Waals surface area contributed by atoms with Crippen LogP contribution in [-0.2, 0) is 5.41 Å². The zero-order chi connectivity index (χ0) is 23.4. The summed E-state index contributed by atoms with van der Waals surface area (Å²) in [6.07, 6.45) is -0.996. The second kappa shape index (κ2) is 7.56. The number of amides is 2. The molecule has 2 N–H and O–H groups in total. The minimum absolute atomic E-state index is 0.0175. The first-order valence-corrected chi connectivity index (χ1v) is 10.2. The van der Waals surface area contributed by atoms with E-state index in [2.05, 4.69) is 35.9 Å². The second-order valence-electron chi connectivity index (χ2n) is 7.24. The van der Waals surface area contributed by atoms with Crippen LogP contribution in [0.1, 0.15) is 18.5 Å². The van der Waals surface area contributed by atoms with Crippen molar-refractivity contribution in [2.24, 2.45) is 0 Å². The molecule has 0 unspecified atom stereocenters. The number of alkyl halides is 3. The van der Waals surface area contributed by atoms with Gasteiger partial charge in [-0.25, -0.2) is 19.3 Å². The summed E-state index contributed by atoms with van der Waals surface area (Å²) in [5.74, 6) is 0.255. The molecule has 0 saturated heterocycles. The Labute approximate surface area is 192 Å². The van der Waals surface area contributed by atoms with E-state index in [0.717, 1.165) is 15.5 Å². The fourth-order valence-corrected chi connectivity index (χ4v) is 3.82. The lowest BCUT2D eigenvalue weighted by Crippen LogP contribution is -2.33. The average molecular weight is 498 g/mol. The van der Waals surface area contributed by atoms with Crippen LogP contribution in [0.15, 0.2) is 36.8 Å². The predicted molar refractivity (Wildman–Crippen MR) is 112 cm³/mol. The molecule has 10 nitrogen and oxygen atoms in total. The maximum absolute atomic E-state index is 13.9. The lowest BCUT2D eigenvalue weighted by Gasteiger charge is -2.23. The average Bonchev–Trinajstić information content (AvgIpc) is 3.29. The lowest BCUT2D eigenvalue weighted by molar-refractivity contribution is -0.161. The lowest BCUT2D eigenvalue weighted by atomic mass is 10.00. The summed E-state index contributed by atoms with van der Waals surface area (Å²) >= 11 is 11.9. The minimum atomic E-state index is -4.56. The number of anilines is 2. The van der Waals surface area contributed by atoms with Crippen molar-refractivity contribution in [3.05, 3.63) is 52.7 Å². The van der Waals surface area contributed by atoms with E-state index >= 15 is 0 Å². The Kier molecular flexibility index (Phi) is 4.90. The molecule has 33 heavy (non-hydrogen) atoms. The van der Waals surface area contributed by atoms with Crippen molar-refractivity contribution in [3.8, 4) is 5.82 Å². The normalized spacial score (nSPS) is 14.9. The monoisotopic (exact) mass is 497 g/mol. The third kappa shape index (κ3) is 3.72. The number of rotatable bonds is 4. The highest BCUT2D eigenvalue weighted by molar-refractivity contribution is 6.32. The van der Waals surface area contributed by atoms with Gasteiger partial charge in [0.1, 0.15) is 5.41 Å². The number of hydrogen-bond donors (Lipinski definition) is 2. The van der Waals surface area contributed by atoms with Crippen molar-refractivity contribution in [2.45, 2.75) is 24.4 Å². The first-order chi connectivity index (χ1) is 15.7. The molecule has 1 aliphatic rings. The number of nitrogens with zero attached hydrogens (tertiary/aromatic N) is 7. The van der Waals surface area contributed by atoms with Crippen LogP contribution in [0.2, 0.25) is 10.2 Å². The molecular formula is C18H12Cl2F3N9O. The molecule has 4 aromatic heterocycles. The van der Waals surface area contributed by atoms with Crippen molar-refractivity contribution >= 4 is 46.4 Å². The van der Waals surface area contributed by atoms with Crippen LogP contribution >= 0.6 is 23.2 Å². The third-order valence-electron chi connectivity index (χ3n) is 5.11. The van der Waals surface area contributed by atoms with Crippen molar-refractivity contribution < 1.29 is 18.0 Å². The van der Waals surface area contributed by atoms with E-state index in [1.165, 1.54) is 18.5 Å². The van der Waals surface area contributed by atoms with Gasteiger partial charge in [-0.05, 0) is 25.0 Å². The molecule has 2 amide bonds. The molecule has 1 aliphatic carbocycles. The Balaban J connectivity index is 1.44. The van der Waals surface area contributed by atoms with Crippen LogP contribution in [-0.4, -0.2) is 46.8 Å². The molecule has 4 aromatic rings. The zero-order valence-corrected chi connectivity index (χ0v) is 17.8. The van der Waals surface area contributed by atoms with Crippen molar-refractivity contribution in [1.82, 2.24) is 34.6 Å². The van der Waals surface area contributed by atoms with Gasteiger partial charge >= 0.3 is 12.2 Å². The van der Waals surface area contributed by atoms with Gasteiger partial charge in [0.25, 0.3) is 0 Å². The Hall–Kier alpha value is -3.45. The van der Waals surface area contributed by atoms with Crippen LogP contribution < -0.4 is 10.6 Å². The standard InChI is InChI=1S/C18H12Cl2F3N9O/c19-9-2-1-5-24-15(9)32-26-8-12(30-32)28-16(33)27-10-7-25-13-6-11(20)29-31(13)14(10)17(3-4-17)18(21,22)23/h1-2,5-8H,3-4H2,(H2,27,28,30,33). The van der Waals surface area contributed by atoms with Gasteiger partial charge in [-0.1, -0.05) is 23.2 Å². The number of fused-ring (bicyclic) bond motifs is 1. The molecule has 0 bridgehead atoms. The molecule has 1 saturated carbocycles. The van der Waals surface area contributed by atoms with Gasteiger partial charge in [0, 0.05) is 12.3 Å². The van der Waals surface area contributed by atoms with Crippen LogP contribution in [0.3, 0.4) is 0 Å². The summed E-state index contributed by atoms with van der Waals surface area (Å²) in [4.78, 5) is 21.8. The minimum Gasteiger partial charge on any atom is -0.305 e. The highest BCUT2D eigenvalue weighted by Gasteiger charge is 2.66. The Morgan fingerprint density at radius 2 is 1.91 bits per heavy atom. The molecule has 15 heteroatoms. The number of carbonyl (C=O) groups is 1. The molecule has 1 fully saturated rings. The first-order valence-electron chi connectivity index (χ1n) is 9.41. The van der Waals surface area contributed by atoms with Crippen molar-refractivity contribution in [1.29, 1.82) is 0 Å². The number of nitrogens with one attached hydrogen (secondary N) is 2. The molecule has 0 atom stereocenters. The van der Waals surface area contributed by atoms with Gasteiger partial charge in [-0.2, -0.15) is 23.4 Å². The predicted octanol–water partition coefficient (Wildman–Crippen LogP) is 4.25. The molecule has 0 spiro atoms. The van der Waals surface area contributed by atoms with Crippen LogP contribution in [0.25, 0.3) is 11.5 Å². The topological polar surface area (TPSA) is 115 Å². The van der Waals surface area contributed by atoms with E-state index in [0.29, 0.717) is 0 Å². The molecule has 0 radical (unpaired) electrons. The van der Waals surface area contributed by atoms with Gasteiger partial charge in [0.05, 0.1) is 28.8 Å². The summed E-state index contributed by atoms with van der Waals surface area (Å²) in [7, 11) is 0. The van der Waals surface area contributed by atoms with Crippen LogP contribution in [0.4, 0.5) is 29.5 Å². The number of urea groups is 1. The van der Waals surface area contributed by atoms with Crippen LogP contribution in [0.5, 0.6) is 0 Å². The van der Waals surface area contributed by atoms with E-state index in [4.69, 9.17) is 23.2 Å². The highest BCUT2D eigenvalue weighted by atomic mass is 35.5. The fraction of sp³-hybridized carbons (Fsp3) is 0.222. The van der Waals surface area contributed by atoms with E-state index in [9.17, 15) is 18.0 Å². The van der Waals surface area contributed by atoms with Gasteiger partial charge in [-0.15, -0.1) is 9.90 Å². The van der Waals surface area contributed by atoms with Gasteiger partial charge in [0.15, 0.2) is 22.4 Å². The Morgan fingerprint density at radius 1 is 1.12 bits per heavy atom. The maximum atomic E-state index is 13.9. The molecular weight excluding hydrogens is 486 g/mol. The quantitative estimate of drug-likeness (QED) is 0.435. The SMILES string of the molecule is O=C(Nc1cnn(-c2ncccc2Cl)n1)Nc1cnc2cc(Cl)nn2c1C1(C(F)(F)F)CC1. The van der Waals surface area contributed by atoms with E-state index in [1.54, 1.807) is 12.1 Å². The van der Waals surface area contributed by atoms with Gasteiger partial charge < -0.3 is 5.32 Å². The summed E-state index contributed by atoms with van der Waals surface area (Å²) < 4.78 is 42.8. The number of carbonyl (C=O) groups excluding carboxylic acids is 1. The second-order valence-corrected chi connectivity index (χ2v) is 8.04. The highest BCUT2D eigenvalue weighted by Crippen LogP contribution is 2.60. The molecule has 0 aliphatic heterocycles. The van der Waals surface area contributed by atoms with Gasteiger partial charge in [-0.3, -0.25) is 5.32 Å². The fourth-order valence-electron chi connectivity index (χ4n) is 3.45. The maximum Gasteiger partial charge on any atom is 0.400 e. The van der Waals surface area contributed by atoms with E-state index < -0.39 is 17.6 Å². The molecule has 0 aromatic carbocycles. The molecule has 4 heterocycles. The van der Waals surface area contributed by atoms with Crippen molar-refractivity contribution in [2.75, 3.05) is 10.6 Å². The van der Waals surface area contributed by atoms with Crippen LogP contribution in [0, 0.1) is 0 Å². The summed E-state index contributed by atoms with van der Waals surface area (Å²) in [6.45, 7) is 0. The first kappa shape index (κ1) is 21.4. The number of halogens is 5. The Morgan fingerprint density at radius 3 is 2.61 bits per heavy atom. The molecule has 5 rings (SSSR count). The number of pyridine rings is 1. The number of hydrogen-bond acceptors (Lipinski definition) is 6. The third-order valence-corrected chi connectivity index (χ3v) is 5.59. The number of aromatic nitrogens is 7. The van der Waals surface area contributed by atoms with Crippen molar-refractivity contribution in [3.63, 3.8) is 0 Å². The van der Waals surface area contributed by atoms with E-state index in [-0.39, 0.29) is 51.7 Å². The summed E-state index contributed by atoms with van der Waals surface area (Å²) in [5, 5.41) is 17.0. The zero-order valence-electron chi connectivity index (χ0n) is 16.3. The summed E-state index contributed by atoms with van der Waals surface area (Å²) in [5.41, 5.74) is -2.43. The largest absolute Gasteiger partial charge is 0.400 e. The Bertz CT molecular complexity index is 1380. The smallest absolute Gasteiger partial charge is 0.305 e.